The number of halogens is 1. The highest BCUT2D eigenvalue weighted by atomic mass is 127. The zero-order valence-corrected chi connectivity index (χ0v) is 19.2. The lowest BCUT2D eigenvalue weighted by atomic mass is 9.86. The average Bonchev–Trinajstić information content (AvgIpc) is 2.73. The Morgan fingerprint density at radius 1 is 0.893 bits per heavy atom. The van der Waals surface area contributed by atoms with E-state index in [9.17, 15) is 15.0 Å². The summed E-state index contributed by atoms with van der Waals surface area (Å²) < 4.78 is 1.05. The van der Waals surface area contributed by atoms with Crippen LogP contribution in [0.15, 0.2) is 60.7 Å². The zero-order chi connectivity index (χ0) is 20.3. The summed E-state index contributed by atoms with van der Waals surface area (Å²) in [5.74, 6) is -1.53. The van der Waals surface area contributed by atoms with Crippen molar-refractivity contribution in [2.75, 3.05) is 32.8 Å². The molecule has 0 aliphatic carbocycles. The molecule has 5 nitrogen and oxygen atoms in total. The van der Waals surface area contributed by atoms with Crippen LogP contribution in [0.1, 0.15) is 31.9 Å². The Morgan fingerprint density at radius 2 is 1.25 bits per heavy atom. The monoisotopic (exact) mass is 501 g/mol. The molecule has 0 aromatic heterocycles. The van der Waals surface area contributed by atoms with Crippen LogP contribution in [-0.4, -0.2) is 53.5 Å². The molecule has 0 aliphatic heterocycles. The maximum atomic E-state index is 11.3. The van der Waals surface area contributed by atoms with Crippen LogP contribution >= 0.6 is 24.0 Å². The topological polar surface area (TPSA) is 80.6 Å². The minimum atomic E-state index is -2.11. The zero-order valence-electron chi connectivity index (χ0n) is 16.9. The predicted molar refractivity (Wildman–Crippen MR) is 120 cm³/mol. The molecule has 2 rings (SSSR count). The molecule has 156 valence electrons. The minimum Gasteiger partial charge on any atom is -0.546 e. The number of aliphatic carboxylic acids is 1. The van der Waals surface area contributed by atoms with Crippen LogP contribution in [0, 0.1) is 0 Å². The number of aliphatic hydroxyl groups excluding tert-OH is 1. The van der Waals surface area contributed by atoms with Crippen molar-refractivity contribution >= 4 is 29.9 Å². The standard InChI is InChI=1S/C14H12O3.C8H20NO.HI/c15-13(16)14(17,11-7-3-1-4-8-11)12-9-5-2-6-10-12;1-4-9(5-2,6-3)7-8-10;/h1-10,17H,(H,15,16);10H,4-8H2,1-3H3;1H/q;+1;/p-1. The fourth-order valence-electron chi connectivity index (χ4n) is 3.12. The summed E-state index contributed by atoms with van der Waals surface area (Å²) >= 11 is 0. The van der Waals surface area contributed by atoms with Gasteiger partial charge in [0.1, 0.15) is 6.54 Å². The summed E-state index contributed by atoms with van der Waals surface area (Å²) in [6.45, 7) is 11.2. The first kappa shape index (κ1) is 26.5. The number of benzene rings is 2. The van der Waals surface area contributed by atoms with Crippen molar-refractivity contribution in [3.63, 3.8) is 0 Å². The molecule has 28 heavy (non-hydrogen) atoms. The van der Waals surface area contributed by atoms with Gasteiger partial charge in [-0.1, -0.05) is 60.7 Å². The third-order valence-corrected chi connectivity index (χ3v) is 5.27. The maximum Gasteiger partial charge on any atom is 0.154 e. The number of hydrogen-bond donors (Lipinski definition) is 2. The summed E-state index contributed by atoms with van der Waals surface area (Å²) in [6.07, 6.45) is 0. The molecule has 0 fully saturated rings. The van der Waals surface area contributed by atoms with Crippen molar-refractivity contribution in [3.8, 4) is 0 Å². The SMILES string of the molecule is CC[N+](CC)(CC)CCO.I.O=C([O-])C(O)(c1ccccc1)c1ccccc1. The maximum absolute atomic E-state index is 11.3. The highest BCUT2D eigenvalue weighted by Gasteiger charge is 2.32. The molecule has 0 atom stereocenters. The molecule has 0 saturated heterocycles. The van der Waals surface area contributed by atoms with Crippen molar-refractivity contribution in [3.05, 3.63) is 71.8 Å². The van der Waals surface area contributed by atoms with E-state index in [0.29, 0.717) is 6.61 Å². The summed E-state index contributed by atoms with van der Waals surface area (Å²) in [7, 11) is 0. The van der Waals surface area contributed by atoms with Crippen LogP contribution in [0.25, 0.3) is 0 Å². The lowest BCUT2D eigenvalue weighted by molar-refractivity contribution is -0.923. The minimum absolute atomic E-state index is 0. The molecule has 6 heteroatoms. The van der Waals surface area contributed by atoms with Crippen LogP contribution in [0.2, 0.25) is 0 Å². The van der Waals surface area contributed by atoms with Gasteiger partial charge in [0.05, 0.1) is 32.2 Å². The van der Waals surface area contributed by atoms with E-state index < -0.39 is 11.6 Å². The smallest absolute Gasteiger partial charge is 0.154 e. The van der Waals surface area contributed by atoms with Gasteiger partial charge in [0.2, 0.25) is 0 Å². The Labute approximate surface area is 185 Å². The molecule has 0 amide bonds. The highest BCUT2D eigenvalue weighted by Crippen LogP contribution is 2.28. The predicted octanol–water partition coefficient (Wildman–Crippen LogP) is 2.15. The van der Waals surface area contributed by atoms with Gasteiger partial charge < -0.3 is 24.6 Å². The summed E-state index contributed by atoms with van der Waals surface area (Å²) in [4.78, 5) is 11.3. The molecule has 0 spiro atoms. The van der Waals surface area contributed by atoms with Crippen molar-refractivity contribution in [2.24, 2.45) is 0 Å². The van der Waals surface area contributed by atoms with E-state index >= 15 is 0 Å². The molecule has 2 aromatic carbocycles. The molecule has 0 bridgehead atoms. The van der Waals surface area contributed by atoms with Gasteiger partial charge in [-0.3, -0.25) is 0 Å². The molecule has 2 aromatic rings. The largest absolute Gasteiger partial charge is 0.546 e. The number of quaternary nitrogens is 1. The van der Waals surface area contributed by atoms with Gasteiger partial charge in [-0.15, -0.1) is 24.0 Å². The Kier molecular flexibility index (Phi) is 12.2. The Bertz CT molecular complexity index is 628. The van der Waals surface area contributed by atoms with Gasteiger partial charge in [-0.25, -0.2) is 0 Å². The number of carbonyl (C=O) groups is 1. The summed E-state index contributed by atoms with van der Waals surface area (Å²) in [5, 5.41) is 30.4. The molecule has 0 radical (unpaired) electrons. The second kappa shape index (κ2) is 12.9. The molecule has 0 aliphatic rings. The van der Waals surface area contributed by atoms with Crippen LogP contribution in [0.4, 0.5) is 0 Å². The van der Waals surface area contributed by atoms with Crippen molar-refractivity contribution in [1.29, 1.82) is 0 Å². The summed E-state index contributed by atoms with van der Waals surface area (Å²) in [5.41, 5.74) is -1.54. The second-order valence-corrected chi connectivity index (χ2v) is 6.47. The van der Waals surface area contributed by atoms with Crippen LogP contribution < -0.4 is 5.11 Å². The van der Waals surface area contributed by atoms with E-state index in [1.54, 1.807) is 60.7 Å². The molecular weight excluding hydrogens is 469 g/mol. The van der Waals surface area contributed by atoms with E-state index in [2.05, 4.69) is 20.8 Å². The van der Waals surface area contributed by atoms with Gasteiger partial charge in [0.15, 0.2) is 5.60 Å². The van der Waals surface area contributed by atoms with Gasteiger partial charge >= 0.3 is 0 Å². The molecule has 0 heterocycles. The number of rotatable bonds is 8. The van der Waals surface area contributed by atoms with Crippen molar-refractivity contribution in [2.45, 2.75) is 26.4 Å². The van der Waals surface area contributed by atoms with Gasteiger partial charge in [-0.05, 0) is 31.9 Å². The van der Waals surface area contributed by atoms with E-state index in [1.165, 1.54) is 0 Å². The fourth-order valence-corrected chi connectivity index (χ4v) is 3.12. The molecule has 2 N–H and O–H groups in total. The first-order chi connectivity index (χ1) is 12.9. The number of carboxylic acid groups (broad SMARTS) is 1. The Balaban J connectivity index is 0.000000577. The highest BCUT2D eigenvalue weighted by molar-refractivity contribution is 14.0. The number of aliphatic hydroxyl groups is 2. The lowest BCUT2D eigenvalue weighted by Crippen LogP contribution is -2.49. The van der Waals surface area contributed by atoms with Crippen LogP contribution in [0.3, 0.4) is 0 Å². The van der Waals surface area contributed by atoms with Gasteiger partial charge in [0.25, 0.3) is 0 Å². The van der Waals surface area contributed by atoms with E-state index in [-0.39, 0.29) is 35.1 Å². The third kappa shape index (κ3) is 6.55. The Hall–Kier alpha value is -1.48. The number of likely N-dealkylation sites (N-methyl/N-ethyl adjacent to an activating group) is 1. The number of carbonyl (C=O) groups excluding carboxylic acids is 1. The van der Waals surface area contributed by atoms with Crippen molar-refractivity contribution in [1.82, 2.24) is 0 Å². The van der Waals surface area contributed by atoms with E-state index in [1.807, 2.05) is 0 Å². The molecular formula is C22H32INO4. The van der Waals surface area contributed by atoms with Crippen LogP contribution in [-0.2, 0) is 10.4 Å². The second-order valence-electron chi connectivity index (χ2n) is 6.47. The van der Waals surface area contributed by atoms with Crippen molar-refractivity contribution < 1.29 is 24.6 Å². The first-order valence-electron chi connectivity index (χ1n) is 9.41. The normalized spacial score (nSPS) is 11.0. The quantitative estimate of drug-likeness (QED) is 0.429. The van der Waals surface area contributed by atoms with Gasteiger partial charge in [0, 0.05) is 0 Å². The summed E-state index contributed by atoms with van der Waals surface area (Å²) in [6, 6.07) is 16.4. The third-order valence-electron chi connectivity index (χ3n) is 5.27. The van der Waals surface area contributed by atoms with E-state index in [4.69, 9.17) is 5.11 Å². The average molecular weight is 501 g/mol. The molecule has 0 saturated carbocycles. The lowest BCUT2D eigenvalue weighted by Gasteiger charge is -2.34. The van der Waals surface area contributed by atoms with E-state index in [0.717, 1.165) is 30.7 Å². The Morgan fingerprint density at radius 3 is 1.46 bits per heavy atom. The number of carboxylic acids is 1. The fraction of sp³-hybridized carbons (Fsp3) is 0.409. The van der Waals surface area contributed by atoms with Crippen LogP contribution in [0.5, 0.6) is 0 Å². The molecule has 0 unspecified atom stereocenters. The first-order valence-corrected chi connectivity index (χ1v) is 9.41. The number of hydrogen-bond acceptors (Lipinski definition) is 4. The number of nitrogens with zero attached hydrogens (tertiary/aromatic N) is 1. The van der Waals surface area contributed by atoms with Gasteiger partial charge in [-0.2, -0.15) is 0 Å².